The Morgan fingerprint density at radius 3 is 1.75 bits per heavy atom. The molecule has 0 amide bonds. The van der Waals surface area contributed by atoms with E-state index < -0.39 is 20.9 Å². The van der Waals surface area contributed by atoms with Gasteiger partial charge in [0.25, 0.3) is 0 Å². The number of hydrogen-bond acceptors (Lipinski definition) is 1. The van der Waals surface area contributed by atoms with E-state index in [4.69, 9.17) is 7.27 Å². The third kappa shape index (κ3) is 10.4. The molecule has 3 heteroatoms. The average Bonchev–Trinajstić information content (AvgIpc) is 0.918. The molecule has 0 aliphatic carbocycles. The van der Waals surface area contributed by atoms with E-state index in [1.54, 1.807) is 0 Å². The van der Waals surface area contributed by atoms with Gasteiger partial charge in [0.2, 0.25) is 0 Å². The zero-order valence-corrected chi connectivity index (χ0v) is 7.83. The van der Waals surface area contributed by atoms with E-state index in [0.29, 0.717) is 0 Å². The van der Waals surface area contributed by atoms with Gasteiger partial charge in [0.1, 0.15) is 0 Å². The first-order valence-corrected chi connectivity index (χ1v) is 2.72. The molecule has 0 saturated heterocycles. The van der Waals surface area contributed by atoms with Crippen molar-refractivity contribution in [3.05, 3.63) is 4.25 Å². The van der Waals surface area contributed by atoms with Crippen LogP contribution in [0.15, 0.2) is 0 Å². The molecule has 0 unspecified atom stereocenters. The molecule has 0 fully saturated rings. The molecule has 0 aromatic heterocycles. The second kappa shape index (κ2) is 8.86. The summed E-state index contributed by atoms with van der Waals surface area (Å²) in [6, 6.07) is 0. The number of rotatable bonds is 0. The van der Waals surface area contributed by atoms with Crippen LogP contribution in [0.25, 0.3) is 0 Å². The fraction of sp³-hybridized carbons (Fsp3) is 0. The third-order valence-corrected chi connectivity index (χ3v) is 0. The molecule has 0 rings (SSSR count). The predicted molar refractivity (Wildman–Crippen MR) is 15.4 cm³/mol. The van der Waals surface area contributed by atoms with Crippen LogP contribution in [0.2, 0.25) is 0 Å². The van der Waals surface area contributed by atoms with Gasteiger partial charge in [0.15, 0.2) is 0 Å². The van der Waals surface area contributed by atoms with Crippen molar-refractivity contribution < 1.29 is 3.02 Å². The van der Waals surface area contributed by atoms with Crippen LogP contribution in [0, 0.1) is 4.25 Å². The average molecular weight is 359 g/mol. The molecule has 0 bridgehead atoms. The summed E-state index contributed by atoms with van der Waals surface area (Å²) in [6.07, 6.45) is 0. The molecule has 0 saturated carbocycles. The Labute approximate surface area is 53.9 Å². The maximum atomic E-state index is 8.75. The molecular weight excluding hydrogens is 359 g/mol. The van der Waals surface area contributed by atoms with Crippen molar-refractivity contribution in [2.24, 2.45) is 0 Å². The molecule has 0 aliphatic heterocycles. The first-order chi connectivity index (χ1) is 1.41. The molecule has 20 valence electrons. The fourth-order valence-corrected chi connectivity index (χ4v) is 0. The van der Waals surface area contributed by atoms with Gasteiger partial charge in [-0.2, -0.15) is 0 Å². The summed E-state index contributed by atoms with van der Waals surface area (Å²) in [4.78, 5) is 0. The van der Waals surface area contributed by atoms with E-state index in [2.05, 4.69) is 0 Å². The van der Waals surface area contributed by atoms with Gasteiger partial charge >= 0.3 is 28.2 Å². The summed E-state index contributed by atoms with van der Waals surface area (Å²) >= 11 is -1.65. The van der Waals surface area contributed by atoms with Gasteiger partial charge in [-0.25, -0.2) is 0 Å². The standard InChI is InChI=1S/C.Bi.O.Sb. The molecule has 0 aromatic carbocycles. The molecule has 0 heterocycles. The van der Waals surface area contributed by atoms with Crippen LogP contribution in [0.4, 0.5) is 0 Å². The summed E-state index contributed by atoms with van der Waals surface area (Å²) < 4.78 is 14.6. The van der Waals surface area contributed by atoms with E-state index >= 15 is 0 Å². The molecular formula is CBiOSb. The van der Waals surface area contributed by atoms with E-state index in [-0.39, 0.29) is 26.2 Å². The third-order valence-electron chi connectivity index (χ3n) is 0. The summed E-state index contributed by atoms with van der Waals surface area (Å²) in [5.74, 6) is 0. The molecule has 0 N–H and O–H groups in total. The second-order valence-corrected chi connectivity index (χ2v) is 0.612. The van der Waals surface area contributed by atoms with Crippen molar-refractivity contribution in [3.8, 4) is 0 Å². The van der Waals surface area contributed by atoms with Crippen molar-refractivity contribution in [3.63, 3.8) is 0 Å². The zero-order chi connectivity index (χ0) is 2.71. The van der Waals surface area contributed by atoms with Gasteiger partial charge in [-0.15, -0.1) is 0 Å². The zero-order valence-electron chi connectivity index (χ0n) is 1.80. The summed E-state index contributed by atoms with van der Waals surface area (Å²) in [7, 11) is 0. The van der Waals surface area contributed by atoms with Crippen molar-refractivity contribution in [2.45, 2.75) is 0 Å². The normalized spacial score (nSPS) is 1.75. The van der Waals surface area contributed by atoms with Gasteiger partial charge in [-0.05, 0) is 0 Å². The van der Waals surface area contributed by atoms with E-state index in [1.807, 2.05) is 0 Å². The van der Waals surface area contributed by atoms with Crippen LogP contribution in [0.1, 0.15) is 0 Å². The van der Waals surface area contributed by atoms with Gasteiger partial charge in [-0.3, -0.25) is 0 Å². The Hall–Kier alpha value is 1.28. The Morgan fingerprint density at radius 1 is 1.75 bits per heavy atom. The second-order valence-electron chi connectivity index (χ2n) is 0.0913. The predicted octanol–water partition coefficient (Wildman–Crippen LogP) is -0.799. The van der Waals surface area contributed by atoms with Gasteiger partial charge < -0.3 is 0 Å². The fourth-order valence-electron chi connectivity index (χ4n) is 0. The van der Waals surface area contributed by atoms with E-state index in [9.17, 15) is 0 Å². The Morgan fingerprint density at radius 2 is 1.75 bits per heavy atom. The van der Waals surface area contributed by atoms with Crippen LogP contribution in [-0.4, -0.2) is 47.1 Å². The van der Waals surface area contributed by atoms with E-state index in [1.165, 1.54) is 0 Å². The first-order valence-electron chi connectivity index (χ1n) is 0.406. The van der Waals surface area contributed by atoms with Crippen LogP contribution >= 0.6 is 0 Å². The molecule has 4 heavy (non-hydrogen) atoms. The van der Waals surface area contributed by atoms with Gasteiger partial charge in [0.05, 0.1) is 0 Å². The Bertz CT molecular complexity index is 54.2. The first kappa shape index (κ1) is 8.99. The minimum atomic E-state index is -1.65. The maximum absolute atomic E-state index is 8.75. The molecule has 0 aromatic rings. The van der Waals surface area contributed by atoms with Crippen LogP contribution in [0.5, 0.6) is 0 Å². The van der Waals surface area contributed by atoms with Gasteiger partial charge in [-0.1, -0.05) is 0 Å². The SMILES string of the molecule is [Bi].[C]#[Sb]=[O]. The Balaban J connectivity index is 0. The topological polar surface area (TPSA) is 17.1 Å². The molecule has 4 radical (unpaired) electrons. The van der Waals surface area contributed by atoms with Crippen molar-refractivity contribution in [1.29, 1.82) is 0 Å². The monoisotopic (exact) mass is 358 g/mol. The number of hydrogen-bond donors (Lipinski definition) is 0. The molecule has 0 spiro atoms. The molecule has 1 nitrogen and oxygen atoms in total. The van der Waals surface area contributed by atoms with Crippen LogP contribution in [0.3, 0.4) is 0 Å². The minimum absolute atomic E-state index is 0. The van der Waals surface area contributed by atoms with Gasteiger partial charge in [0, 0.05) is 26.2 Å². The van der Waals surface area contributed by atoms with Crippen molar-refractivity contribution in [1.82, 2.24) is 0 Å². The molecule has 0 aliphatic rings. The van der Waals surface area contributed by atoms with Crippen LogP contribution < -0.4 is 0 Å². The Kier molecular flexibility index (Phi) is 19.9. The van der Waals surface area contributed by atoms with Crippen LogP contribution in [-0.2, 0) is 3.02 Å². The van der Waals surface area contributed by atoms with Crippen molar-refractivity contribution >= 4 is 47.1 Å². The summed E-state index contributed by atoms with van der Waals surface area (Å²) in [5.41, 5.74) is 0. The summed E-state index contributed by atoms with van der Waals surface area (Å²) in [6.45, 7) is 0. The van der Waals surface area contributed by atoms with Crippen molar-refractivity contribution in [2.75, 3.05) is 0 Å². The quantitative estimate of drug-likeness (QED) is 0.518. The molecule has 0 atom stereocenters. The van der Waals surface area contributed by atoms with E-state index in [0.717, 1.165) is 0 Å². The summed E-state index contributed by atoms with van der Waals surface area (Å²) in [5, 5.41) is 0.